The molecule has 5 nitrogen and oxygen atoms in total. The van der Waals surface area contributed by atoms with E-state index in [0.29, 0.717) is 36.0 Å². The Kier molecular flexibility index (Phi) is 9.30. The van der Waals surface area contributed by atoms with Crippen LogP contribution in [0.15, 0.2) is 35.5 Å². The maximum atomic E-state index is 11.6. The van der Waals surface area contributed by atoms with Gasteiger partial charge in [0.2, 0.25) is 0 Å². The SMILES string of the molecule is C=C1C(=CC=C2CCC[C@@]3(C)C2CCC3C(C)CCCC(C)(C)O)CC(OC(C)=O)C[C@@H]1OC(C)=O. The van der Waals surface area contributed by atoms with E-state index < -0.39 is 11.7 Å². The zero-order valence-electron chi connectivity index (χ0n) is 23.4. The molecular formula is C31H48O5. The number of ether oxygens (including phenoxy) is 2. The van der Waals surface area contributed by atoms with Crippen molar-refractivity contribution in [3.05, 3.63) is 35.5 Å². The molecule has 6 atom stereocenters. The van der Waals surface area contributed by atoms with Gasteiger partial charge in [0.25, 0.3) is 0 Å². The summed E-state index contributed by atoms with van der Waals surface area (Å²) < 4.78 is 11.0. The maximum Gasteiger partial charge on any atom is 0.303 e. The van der Waals surface area contributed by atoms with Crippen molar-refractivity contribution < 1.29 is 24.2 Å². The number of rotatable bonds is 8. The molecule has 0 spiro atoms. The van der Waals surface area contributed by atoms with Crippen molar-refractivity contribution in [1.82, 2.24) is 0 Å². The maximum absolute atomic E-state index is 11.6. The van der Waals surface area contributed by atoms with E-state index in [4.69, 9.17) is 9.47 Å². The first-order valence-corrected chi connectivity index (χ1v) is 14.0. The Morgan fingerprint density at radius 2 is 1.89 bits per heavy atom. The van der Waals surface area contributed by atoms with Gasteiger partial charge < -0.3 is 14.6 Å². The molecule has 0 aromatic heterocycles. The first-order chi connectivity index (χ1) is 16.8. The summed E-state index contributed by atoms with van der Waals surface area (Å²) in [5.74, 6) is 1.30. The fourth-order valence-corrected chi connectivity index (χ4v) is 7.35. The molecule has 0 aromatic carbocycles. The Balaban J connectivity index is 1.75. The molecule has 36 heavy (non-hydrogen) atoms. The minimum absolute atomic E-state index is 0.306. The third-order valence-electron chi connectivity index (χ3n) is 9.04. The van der Waals surface area contributed by atoms with Gasteiger partial charge in [0, 0.05) is 26.7 Å². The Hall–Kier alpha value is -1.88. The lowest BCUT2D eigenvalue weighted by Gasteiger charge is -2.44. The molecule has 3 saturated carbocycles. The smallest absolute Gasteiger partial charge is 0.303 e. The van der Waals surface area contributed by atoms with Gasteiger partial charge in [-0.05, 0) is 86.7 Å². The van der Waals surface area contributed by atoms with Crippen LogP contribution >= 0.6 is 0 Å². The number of hydrogen-bond acceptors (Lipinski definition) is 5. The van der Waals surface area contributed by atoms with Crippen molar-refractivity contribution in [1.29, 1.82) is 0 Å². The third kappa shape index (κ3) is 7.12. The Bertz CT molecular complexity index is 891. The molecule has 3 aliphatic rings. The van der Waals surface area contributed by atoms with Gasteiger partial charge in [0.15, 0.2) is 0 Å². The molecular weight excluding hydrogens is 452 g/mol. The Morgan fingerprint density at radius 1 is 1.19 bits per heavy atom. The van der Waals surface area contributed by atoms with Crippen molar-refractivity contribution in [3.8, 4) is 0 Å². The zero-order chi connectivity index (χ0) is 26.7. The molecule has 1 N–H and O–H groups in total. The van der Waals surface area contributed by atoms with Crippen molar-refractivity contribution in [2.45, 2.75) is 124 Å². The minimum Gasteiger partial charge on any atom is -0.462 e. The zero-order valence-corrected chi connectivity index (χ0v) is 23.4. The second kappa shape index (κ2) is 11.7. The standard InChI is InChI=1S/C31H48O5/c1-20(10-8-16-30(5,6)34)27-14-15-28-24(11-9-17-31(27,28)7)12-13-25-18-26(35-22(3)32)19-29(21(25)2)36-23(4)33/h12-13,20,26-29,34H,2,8-11,14-19H2,1,3-7H3/t20?,26?,27?,28?,29-,31+/m0/s1. The van der Waals surface area contributed by atoms with Gasteiger partial charge >= 0.3 is 11.9 Å². The van der Waals surface area contributed by atoms with Crippen LogP contribution in [0.5, 0.6) is 0 Å². The minimum atomic E-state index is -0.581. The van der Waals surface area contributed by atoms with Crippen LogP contribution < -0.4 is 0 Å². The lowest BCUT2D eigenvalue weighted by molar-refractivity contribution is -0.152. The van der Waals surface area contributed by atoms with E-state index in [2.05, 4.69) is 32.6 Å². The number of hydrogen-bond donors (Lipinski definition) is 1. The monoisotopic (exact) mass is 500 g/mol. The van der Waals surface area contributed by atoms with E-state index in [1.165, 1.54) is 51.5 Å². The molecule has 0 aliphatic heterocycles. The molecule has 0 amide bonds. The van der Waals surface area contributed by atoms with Crippen LogP contribution in [-0.2, 0) is 19.1 Å². The molecule has 0 saturated heterocycles. The molecule has 0 bridgehead atoms. The molecule has 3 aliphatic carbocycles. The number of carbonyl (C=O) groups excluding carboxylic acids is 2. The van der Waals surface area contributed by atoms with Crippen LogP contribution in [0.1, 0.15) is 106 Å². The van der Waals surface area contributed by atoms with Crippen molar-refractivity contribution in [2.75, 3.05) is 0 Å². The van der Waals surface area contributed by atoms with E-state index in [0.717, 1.165) is 30.4 Å². The second-order valence-corrected chi connectivity index (χ2v) is 12.5. The third-order valence-corrected chi connectivity index (χ3v) is 9.04. The Morgan fingerprint density at radius 3 is 2.53 bits per heavy atom. The Labute approximate surface area is 218 Å². The first-order valence-electron chi connectivity index (χ1n) is 14.0. The second-order valence-electron chi connectivity index (χ2n) is 12.5. The molecule has 0 aromatic rings. The summed E-state index contributed by atoms with van der Waals surface area (Å²) in [5.41, 5.74) is 3.08. The average Bonchev–Trinajstić information content (AvgIpc) is 3.10. The van der Waals surface area contributed by atoms with E-state index in [1.807, 2.05) is 13.8 Å². The van der Waals surface area contributed by atoms with Crippen LogP contribution in [-0.4, -0.2) is 34.9 Å². The molecule has 0 heterocycles. The van der Waals surface area contributed by atoms with Crippen molar-refractivity contribution in [3.63, 3.8) is 0 Å². The fourth-order valence-electron chi connectivity index (χ4n) is 7.35. The summed E-state index contributed by atoms with van der Waals surface area (Å²) in [7, 11) is 0. The molecule has 3 rings (SSSR count). The molecule has 5 heteroatoms. The number of esters is 2. The van der Waals surface area contributed by atoms with Crippen LogP contribution in [0.4, 0.5) is 0 Å². The molecule has 4 unspecified atom stereocenters. The van der Waals surface area contributed by atoms with Gasteiger partial charge in [0.05, 0.1) is 5.60 Å². The van der Waals surface area contributed by atoms with Gasteiger partial charge in [-0.25, -0.2) is 0 Å². The molecule has 0 radical (unpaired) electrons. The van der Waals surface area contributed by atoms with Gasteiger partial charge in [-0.2, -0.15) is 0 Å². The molecule has 202 valence electrons. The van der Waals surface area contributed by atoms with E-state index in [-0.39, 0.29) is 18.0 Å². The lowest BCUT2D eigenvalue weighted by atomic mass is 9.60. The predicted molar refractivity (Wildman–Crippen MR) is 143 cm³/mol. The van der Waals surface area contributed by atoms with Crippen LogP contribution in [0.2, 0.25) is 0 Å². The number of allylic oxidation sites excluding steroid dienone is 3. The van der Waals surface area contributed by atoms with Gasteiger partial charge in [-0.15, -0.1) is 0 Å². The highest BCUT2D eigenvalue weighted by molar-refractivity contribution is 5.67. The number of fused-ring (bicyclic) bond motifs is 1. The van der Waals surface area contributed by atoms with Gasteiger partial charge in [0.1, 0.15) is 12.2 Å². The highest BCUT2D eigenvalue weighted by Gasteiger charge is 2.50. The highest BCUT2D eigenvalue weighted by Crippen LogP contribution is 2.60. The summed E-state index contributed by atoms with van der Waals surface area (Å²) >= 11 is 0. The van der Waals surface area contributed by atoms with Crippen LogP contribution in [0, 0.1) is 23.2 Å². The quantitative estimate of drug-likeness (QED) is 0.369. The summed E-state index contributed by atoms with van der Waals surface area (Å²) in [5, 5.41) is 10.1. The average molecular weight is 501 g/mol. The number of aliphatic hydroxyl groups is 1. The normalized spacial score (nSPS) is 33.9. The van der Waals surface area contributed by atoms with Crippen LogP contribution in [0.25, 0.3) is 0 Å². The van der Waals surface area contributed by atoms with Gasteiger partial charge in [-0.3, -0.25) is 9.59 Å². The lowest BCUT2D eigenvalue weighted by Crippen LogP contribution is -2.36. The summed E-state index contributed by atoms with van der Waals surface area (Å²) in [6.07, 6.45) is 14.0. The summed E-state index contributed by atoms with van der Waals surface area (Å²) in [4.78, 5) is 23.2. The topological polar surface area (TPSA) is 72.8 Å². The van der Waals surface area contributed by atoms with Crippen LogP contribution in [0.3, 0.4) is 0 Å². The van der Waals surface area contributed by atoms with E-state index in [1.54, 1.807) is 0 Å². The first kappa shape index (κ1) is 28.7. The largest absolute Gasteiger partial charge is 0.462 e. The highest BCUT2D eigenvalue weighted by atomic mass is 16.6. The summed E-state index contributed by atoms with van der Waals surface area (Å²) in [6, 6.07) is 0. The molecule has 3 fully saturated rings. The number of carbonyl (C=O) groups is 2. The fraction of sp³-hybridized carbons (Fsp3) is 0.742. The van der Waals surface area contributed by atoms with E-state index >= 15 is 0 Å². The van der Waals surface area contributed by atoms with E-state index in [9.17, 15) is 14.7 Å². The summed E-state index contributed by atoms with van der Waals surface area (Å²) in [6.45, 7) is 15.8. The predicted octanol–water partition coefficient (Wildman–Crippen LogP) is 6.85. The van der Waals surface area contributed by atoms with Crippen molar-refractivity contribution >= 4 is 11.9 Å². The van der Waals surface area contributed by atoms with Gasteiger partial charge in [-0.1, -0.05) is 51.0 Å². The van der Waals surface area contributed by atoms with Crippen molar-refractivity contribution in [2.24, 2.45) is 23.2 Å².